The number of anilines is 1. The van der Waals surface area contributed by atoms with Crippen LogP contribution in [0.4, 0.5) is 10.1 Å². The normalized spacial score (nSPS) is 10.3. The Bertz CT molecular complexity index is 599. The molecule has 1 N–H and O–H groups in total. The van der Waals surface area contributed by atoms with Crippen molar-refractivity contribution in [3.05, 3.63) is 64.4 Å². The first kappa shape index (κ1) is 13.8. The van der Waals surface area contributed by atoms with Crippen LogP contribution < -0.4 is 5.32 Å². The minimum Gasteiger partial charge on any atom is -0.321 e. The largest absolute Gasteiger partial charge is 0.321 e. The van der Waals surface area contributed by atoms with Crippen LogP contribution in [0.5, 0.6) is 0 Å². The maximum atomic E-state index is 13.1. The molecule has 5 heteroatoms. The molecule has 0 aromatic heterocycles. The molecule has 0 aliphatic rings. The van der Waals surface area contributed by atoms with E-state index in [9.17, 15) is 9.18 Å². The van der Waals surface area contributed by atoms with Gasteiger partial charge in [0.2, 0.25) is 0 Å². The van der Waals surface area contributed by atoms with Crippen molar-refractivity contribution in [2.45, 2.75) is 5.88 Å². The first-order chi connectivity index (χ1) is 9.10. The lowest BCUT2D eigenvalue weighted by molar-refractivity contribution is 0.102. The lowest BCUT2D eigenvalue weighted by Gasteiger charge is -2.07. The van der Waals surface area contributed by atoms with Gasteiger partial charge in [-0.1, -0.05) is 23.7 Å². The van der Waals surface area contributed by atoms with Gasteiger partial charge in [-0.15, -0.1) is 11.6 Å². The number of nitrogens with one attached hydrogen (secondary N) is 1. The van der Waals surface area contributed by atoms with Crippen molar-refractivity contribution in [2.75, 3.05) is 5.32 Å². The number of amides is 1. The summed E-state index contributed by atoms with van der Waals surface area (Å²) in [5.41, 5.74) is 1.62. The summed E-state index contributed by atoms with van der Waals surface area (Å²) in [7, 11) is 0. The summed E-state index contributed by atoms with van der Waals surface area (Å²) in [6, 6.07) is 10.6. The fourth-order valence-corrected chi connectivity index (χ4v) is 1.88. The fraction of sp³-hybridized carbons (Fsp3) is 0.0714. The number of rotatable bonds is 3. The number of hydrogen-bond acceptors (Lipinski definition) is 1. The molecule has 1 amide bonds. The van der Waals surface area contributed by atoms with Gasteiger partial charge in [-0.2, -0.15) is 0 Å². The van der Waals surface area contributed by atoms with Crippen molar-refractivity contribution in [3.8, 4) is 0 Å². The highest BCUT2D eigenvalue weighted by atomic mass is 35.5. The first-order valence-electron chi connectivity index (χ1n) is 5.51. The average Bonchev–Trinajstić information content (AvgIpc) is 2.43. The van der Waals surface area contributed by atoms with Crippen LogP contribution in [-0.4, -0.2) is 5.91 Å². The summed E-state index contributed by atoms with van der Waals surface area (Å²) in [6.45, 7) is 0. The van der Waals surface area contributed by atoms with Crippen LogP contribution in [0.2, 0.25) is 5.02 Å². The van der Waals surface area contributed by atoms with Crippen LogP contribution in [0, 0.1) is 5.82 Å². The molecule has 2 aromatic carbocycles. The molecule has 0 aliphatic heterocycles. The quantitative estimate of drug-likeness (QED) is 0.832. The average molecular weight is 298 g/mol. The van der Waals surface area contributed by atoms with Crippen LogP contribution in [0.1, 0.15) is 15.9 Å². The second-order valence-corrected chi connectivity index (χ2v) is 4.58. The molecule has 0 aliphatic carbocycles. The maximum Gasteiger partial charge on any atom is 0.255 e. The predicted octanol–water partition coefficient (Wildman–Crippen LogP) is 4.47. The zero-order valence-corrected chi connectivity index (χ0v) is 11.3. The standard InChI is InChI=1S/C14H10Cl2FNO/c15-8-9-1-3-10(4-2-9)14(19)18-13-7-11(17)5-6-12(13)16/h1-7H,8H2,(H,18,19). The van der Waals surface area contributed by atoms with E-state index in [0.29, 0.717) is 11.4 Å². The minimum absolute atomic E-state index is 0.244. The number of benzene rings is 2. The van der Waals surface area contributed by atoms with Crippen LogP contribution >= 0.6 is 23.2 Å². The molecule has 0 unspecified atom stereocenters. The molecule has 0 saturated carbocycles. The lowest BCUT2D eigenvalue weighted by atomic mass is 10.1. The van der Waals surface area contributed by atoms with Gasteiger partial charge in [0.05, 0.1) is 10.7 Å². The molecular formula is C14H10Cl2FNO. The third-order valence-electron chi connectivity index (χ3n) is 2.55. The summed E-state index contributed by atoms with van der Waals surface area (Å²) in [4.78, 5) is 12.0. The van der Waals surface area contributed by atoms with E-state index in [2.05, 4.69) is 5.32 Å². The van der Waals surface area contributed by atoms with Crippen molar-refractivity contribution >= 4 is 34.8 Å². The Morgan fingerprint density at radius 2 is 1.84 bits per heavy atom. The highest BCUT2D eigenvalue weighted by Crippen LogP contribution is 2.23. The first-order valence-corrected chi connectivity index (χ1v) is 6.42. The Hall–Kier alpha value is -1.58. The van der Waals surface area contributed by atoms with E-state index in [1.54, 1.807) is 24.3 Å². The van der Waals surface area contributed by atoms with Crippen molar-refractivity contribution in [1.29, 1.82) is 0 Å². The lowest BCUT2D eigenvalue weighted by Crippen LogP contribution is -2.12. The molecule has 0 spiro atoms. The van der Waals surface area contributed by atoms with Crippen LogP contribution in [0.3, 0.4) is 0 Å². The number of alkyl halides is 1. The van der Waals surface area contributed by atoms with E-state index in [1.165, 1.54) is 18.2 Å². The molecule has 2 aromatic rings. The highest BCUT2D eigenvalue weighted by molar-refractivity contribution is 6.33. The van der Waals surface area contributed by atoms with E-state index in [4.69, 9.17) is 23.2 Å². The van der Waals surface area contributed by atoms with Gasteiger partial charge in [-0.3, -0.25) is 4.79 Å². The van der Waals surface area contributed by atoms with Gasteiger partial charge in [0.25, 0.3) is 5.91 Å². The number of hydrogen-bond donors (Lipinski definition) is 1. The molecule has 98 valence electrons. The molecule has 0 atom stereocenters. The van der Waals surface area contributed by atoms with E-state index >= 15 is 0 Å². The van der Waals surface area contributed by atoms with Gasteiger partial charge in [0.1, 0.15) is 5.82 Å². The Morgan fingerprint density at radius 3 is 2.47 bits per heavy atom. The SMILES string of the molecule is O=C(Nc1cc(F)ccc1Cl)c1ccc(CCl)cc1. The third kappa shape index (κ3) is 3.46. The fourth-order valence-electron chi connectivity index (χ4n) is 1.53. The predicted molar refractivity (Wildman–Crippen MR) is 75.4 cm³/mol. The summed E-state index contributed by atoms with van der Waals surface area (Å²) >= 11 is 11.5. The van der Waals surface area contributed by atoms with E-state index in [-0.39, 0.29) is 16.6 Å². The molecule has 0 saturated heterocycles. The zero-order valence-electron chi connectivity index (χ0n) is 9.79. The molecule has 0 heterocycles. The van der Waals surface area contributed by atoms with E-state index < -0.39 is 5.82 Å². The van der Waals surface area contributed by atoms with Gasteiger partial charge in [0, 0.05) is 11.4 Å². The molecule has 2 rings (SSSR count). The summed E-state index contributed by atoms with van der Waals surface area (Å²) < 4.78 is 13.1. The van der Waals surface area contributed by atoms with Crippen molar-refractivity contribution in [3.63, 3.8) is 0 Å². The molecule has 0 bridgehead atoms. The summed E-state index contributed by atoms with van der Waals surface area (Å²) in [5, 5.41) is 2.85. The molecule has 19 heavy (non-hydrogen) atoms. The summed E-state index contributed by atoms with van der Waals surface area (Å²) in [5.74, 6) is -0.428. The second-order valence-electron chi connectivity index (χ2n) is 3.91. The molecule has 0 radical (unpaired) electrons. The van der Waals surface area contributed by atoms with Gasteiger partial charge in [-0.25, -0.2) is 4.39 Å². The minimum atomic E-state index is -0.461. The van der Waals surface area contributed by atoms with Crippen molar-refractivity contribution in [2.24, 2.45) is 0 Å². The number of carbonyl (C=O) groups is 1. The van der Waals surface area contributed by atoms with Crippen LogP contribution in [-0.2, 0) is 5.88 Å². The Kier molecular flexibility index (Phi) is 4.40. The molecule has 2 nitrogen and oxygen atoms in total. The van der Waals surface area contributed by atoms with E-state index in [1.807, 2.05) is 0 Å². The molecule has 0 fully saturated rings. The highest BCUT2D eigenvalue weighted by Gasteiger charge is 2.09. The smallest absolute Gasteiger partial charge is 0.255 e. The van der Waals surface area contributed by atoms with Gasteiger partial charge in [-0.05, 0) is 35.9 Å². The molecular weight excluding hydrogens is 288 g/mol. The van der Waals surface area contributed by atoms with Gasteiger partial charge in [0.15, 0.2) is 0 Å². The Morgan fingerprint density at radius 1 is 1.16 bits per heavy atom. The number of halogens is 3. The topological polar surface area (TPSA) is 29.1 Å². The van der Waals surface area contributed by atoms with Crippen LogP contribution in [0.25, 0.3) is 0 Å². The third-order valence-corrected chi connectivity index (χ3v) is 3.19. The van der Waals surface area contributed by atoms with Crippen molar-refractivity contribution in [1.82, 2.24) is 0 Å². The zero-order chi connectivity index (χ0) is 13.8. The number of carbonyl (C=O) groups excluding carboxylic acids is 1. The van der Waals surface area contributed by atoms with Gasteiger partial charge >= 0.3 is 0 Å². The Balaban J connectivity index is 2.18. The van der Waals surface area contributed by atoms with Gasteiger partial charge < -0.3 is 5.32 Å². The van der Waals surface area contributed by atoms with Crippen LogP contribution in [0.15, 0.2) is 42.5 Å². The van der Waals surface area contributed by atoms with E-state index in [0.717, 1.165) is 5.56 Å². The Labute approximate surface area is 120 Å². The van der Waals surface area contributed by atoms with Crippen molar-refractivity contribution < 1.29 is 9.18 Å². The summed E-state index contributed by atoms with van der Waals surface area (Å²) in [6.07, 6.45) is 0. The monoisotopic (exact) mass is 297 g/mol. The maximum absolute atomic E-state index is 13.1. The second kappa shape index (κ2) is 6.04.